The fourth-order valence-electron chi connectivity index (χ4n) is 1.67. The first-order valence-corrected chi connectivity index (χ1v) is 5.42. The van der Waals surface area contributed by atoms with E-state index in [0.29, 0.717) is 17.7 Å². The Morgan fingerprint density at radius 1 is 1.47 bits per heavy atom. The quantitative estimate of drug-likeness (QED) is 0.807. The number of nitrogens with one attached hydrogen (secondary N) is 1. The molecule has 1 atom stereocenters. The number of nitrogens with zero attached hydrogens (tertiary/aromatic N) is 2. The molecule has 94 valence electrons. The van der Waals surface area contributed by atoms with E-state index in [4.69, 9.17) is 5.11 Å². The number of carbonyl (C=O) groups is 2. The van der Waals surface area contributed by atoms with Crippen molar-refractivity contribution in [2.24, 2.45) is 7.05 Å². The molecule has 0 spiro atoms. The third kappa shape index (κ3) is 2.64. The maximum absolute atomic E-state index is 11.9. The first kappa shape index (κ1) is 13.2. The Labute approximate surface area is 99.6 Å². The third-order valence-corrected chi connectivity index (χ3v) is 2.75. The van der Waals surface area contributed by atoms with Crippen LogP contribution in [0.25, 0.3) is 0 Å². The first-order chi connectivity index (χ1) is 7.88. The van der Waals surface area contributed by atoms with Crippen LogP contribution in [0.4, 0.5) is 0 Å². The molecule has 2 N–H and O–H groups in total. The molecular weight excluding hydrogens is 222 g/mol. The number of amides is 1. The van der Waals surface area contributed by atoms with Gasteiger partial charge in [0.25, 0.3) is 5.91 Å². The van der Waals surface area contributed by atoms with Gasteiger partial charge in [-0.15, -0.1) is 0 Å². The molecular formula is C11H17N3O3. The fraction of sp³-hybridized carbons (Fsp3) is 0.545. The predicted molar refractivity (Wildman–Crippen MR) is 61.9 cm³/mol. The molecule has 17 heavy (non-hydrogen) atoms. The lowest BCUT2D eigenvalue weighted by Gasteiger charge is -2.12. The Balaban J connectivity index is 2.94. The Kier molecular flexibility index (Phi) is 3.88. The normalized spacial score (nSPS) is 12.2. The number of carboxylic acid groups (broad SMARTS) is 1. The second-order valence-electron chi connectivity index (χ2n) is 3.94. The minimum atomic E-state index is -1.03. The zero-order chi connectivity index (χ0) is 13.2. The molecule has 1 aromatic rings. The Bertz CT molecular complexity index is 451. The average Bonchev–Trinajstić information content (AvgIpc) is 2.49. The molecule has 0 saturated heterocycles. The summed E-state index contributed by atoms with van der Waals surface area (Å²) in [7, 11) is 1.74. The maximum Gasteiger partial charge on any atom is 0.326 e. The summed E-state index contributed by atoms with van der Waals surface area (Å²) in [5, 5.41) is 15.5. The topological polar surface area (TPSA) is 84.2 Å². The van der Waals surface area contributed by atoms with Crippen molar-refractivity contribution in [3.05, 3.63) is 17.0 Å². The van der Waals surface area contributed by atoms with Crippen LogP contribution in [0.3, 0.4) is 0 Å². The summed E-state index contributed by atoms with van der Waals surface area (Å²) < 4.78 is 1.60. The molecule has 1 amide bonds. The molecule has 1 aromatic heterocycles. The van der Waals surface area contributed by atoms with E-state index in [1.165, 1.54) is 0 Å². The number of carboxylic acids is 1. The average molecular weight is 239 g/mol. The van der Waals surface area contributed by atoms with Crippen LogP contribution in [0.15, 0.2) is 0 Å². The van der Waals surface area contributed by atoms with E-state index in [0.717, 1.165) is 5.69 Å². The van der Waals surface area contributed by atoms with Gasteiger partial charge >= 0.3 is 5.97 Å². The van der Waals surface area contributed by atoms with Crippen LogP contribution in [-0.2, 0) is 11.8 Å². The summed E-state index contributed by atoms with van der Waals surface area (Å²) in [4.78, 5) is 22.8. The molecule has 0 fully saturated rings. The molecule has 0 bridgehead atoms. The highest BCUT2D eigenvalue weighted by Crippen LogP contribution is 2.12. The molecule has 1 rings (SSSR count). The molecule has 0 aromatic carbocycles. The van der Waals surface area contributed by atoms with Gasteiger partial charge in [-0.1, -0.05) is 6.92 Å². The summed E-state index contributed by atoms with van der Waals surface area (Å²) in [5.41, 5.74) is 1.77. The molecule has 1 heterocycles. The molecule has 6 nitrogen and oxygen atoms in total. The summed E-state index contributed by atoms with van der Waals surface area (Å²) in [6.45, 7) is 5.21. The monoisotopic (exact) mass is 239 g/mol. The van der Waals surface area contributed by atoms with Crippen molar-refractivity contribution in [3.63, 3.8) is 0 Å². The van der Waals surface area contributed by atoms with Crippen molar-refractivity contribution < 1.29 is 14.7 Å². The van der Waals surface area contributed by atoms with Crippen LogP contribution < -0.4 is 5.32 Å². The molecule has 6 heteroatoms. The van der Waals surface area contributed by atoms with Crippen LogP contribution in [0.1, 0.15) is 35.1 Å². The highest BCUT2D eigenvalue weighted by Gasteiger charge is 2.22. The van der Waals surface area contributed by atoms with E-state index in [2.05, 4.69) is 10.4 Å². The zero-order valence-corrected chi connectivity index (χ0v) is 10.4. The van der Waals surface area contributed by atoms with Crippen LogP contribution in [0.5, 0.6) is 0 Å². The zero-order valence-electron chi connectivity index (χ0n) is 10.4. The second kappa shape index (κ2) is 4.99. The van der Waals surface area contributed by atoms with Crippen molar-refractivity contribution >= 4 is 11.9 Å². The standard InChI is InChI=1S/C11H17N3O3/c1-5-8(11(16)17)12-10(15)9-6(2)13-14(4)7(9)3/h8H,5H2,1-4H3,(H,12,15)(H,16,17)/t8-/m0/s1. The predicted octanol–water partition coefficient (Wildman–Crippen LogP) is 0.630. The molecule has 0 unspecified atom stereocenters. The maximum atomic E-state index is 11.9. The number of hydrogen-bond acceptors (Lipinski definition) is 3. The van der Waals surface area contributed by atoms with Crippen molar-refractivity contribution in [2.45, 2.75) is 33.2 Å². The van der Waals surface area contributed by atoms with Gasteiger partial charge in [-0.2, -0.15) is 5.10 Å². The number of aromatic nitrogens is 2. The lowest BCUT2D eigenvalue weighted by Crippen LogP contribution is -2.40. The lowest BCUT2D eigenvalue weighted by molar-refractivity contribution is -0.139. The Morgan fingerprint density at radius 2 is 2.06 bits per heavy atom. The fourth-order valence-corrected chi connectivity index (χ4v) is 1.67. The van der Waals surface area contributed by atoms with E-state index in [-0.39, 0.29) is 5.91 Å². The van der Waals surface area contributed by atoms with Crippen molar-refractivity contribution in [1.29, 1.82) is 0 Å². The third-order valence-electron chi connectivity index (χ3n) is 2.75. The summed E-state index contributed by atoms with van der Waals surface area (Å²) in [6.07, 6.45) is 0.347. The van der Waals surface area contributed by atoms with Crippen molar-refractivity contribution in [2.75, 3.05) is 0 Å². The molecule has 0 aliphatic carbocycles. The Hall–Kier alpha value is -1.85. The van der Waals surface area contributed by atoms with Crippen LogP contribution in [0, 0.1) is 13.8 Å². The molecule has 0 saturated carbocycles. The van der Waals surface area contributed by atoms with Crippen molar-refractivity contribution in [1.82, 2.24) is 15.1 Å². The lowest BCUT2D eigenvalue weighted by atomic mass is 10.1. The summed E-state index contributed by atoms with van der Waals surface area (Å²) in [6, 6.07) is -0.860. The number of carbonyl (C=O) groups excluding carboxylic acids is 1. The van der Waals surface area contributed by atoms with E-state index in [9.17, 15) is 9.59 Å². The van der Waals surface area contributed by atoms with Gasteiger partial charge in [-0.3, -0.25) is 9.48 Å². The van der Waals surface area contributed by atoms with E-state index in [1.807, 2.05) is 0 Å². The highest BCUT2D eigenvalue weighted by molar-refractivity contribution is 5.98. The molecule has 0 radical (unpaired) electrons. The van der Waals surface area contributed by atoms with Gasteiger partial charge in [-0.25, -0.2) is 4.79 Å². The van der Waals surface area contributed by atoms with E-state index >= 15 is 0 Å². The van der Waals surface area contributed by atoms with Gasteiger partial charge < -0.3 is 10.4 Å². The highest BCUT2D eigenvalue weighted by atomic mass is 16.4. The Morgan fingerprint density at radius 3 is 2.41 bits per heavy atom. The minimum absolute atomic E-state index is 0.347. The molecule has 0 aliphatic heterocycles. The second-order valence-corrected chi connectivity index (χ2v) is 3.94. The smallest absolute Gasteiger partial charge is 0.326 e. The van der Waals surface area contributed by atoms with Gasteiger partial charge in [0.1, 0.15) is 6.04 Å². The van der Waals surface area contributed by atoms with Gasteiger partial charge in [-0.05, 0) is 20.3 Å². The van der Waals surface area contributed by atoms with Gasteiger partial charge in [0, 0.05) is 12.7 Å². The van der Waals surface area contributed by atoms with Crippen molar-refractivity contribution in [3.8, 4) is 0 Å². The largest absolute Gasteiger partial charge is 0.480 e. The van der Waals surface area contributed by atoms with Crippen LogP contribution in [0.2, 0.25) is 0 Å². The number of rotatable bonds is 4. The van der Waals surface area contributed by atoms with Crippen LogP contribution in [-0.4, -0.2) is 32.8 Å². The molecule has 0 aliphatic rings. The minimum Gasteiger partial charge on any atom is -0.480 e. The van der Waals surface area contributed by atoms with Gasteiger partial charge in [0.2, 0.25) is 0 Å². The summed E-state index contributed by atoms with van der Waals surface area (Å²) in [5.74, 6) is -1.41. The summed E-state index contributed by atoms with van der Waals surface area (Å²) >= 11 is 0. The first-order valence-electron chi connectivity index (χ1n) is 5.42. The van der Waals surface area contributed by atoms with Gasteiger partial charge in [0.05, 0.1) is 11.3 Å². The number of aliphatic carboxylic acids is 1. The van der Waals surface area contributed by atoms with Gasteiger partial charge in [0.15, 0.2) is 0 Å². The SMILES string of the molecule is CC[C@H](NC(=O)c1c(C)nn(C)c1C)C(=O)O. The van der Waals surface area contributed by atoms with E-state index < -0.39 is 12.0 Å². The number of hydrogen-bond donors (Lipinski definition) is 2. The number of aryl methyl sites for hydroxylation is 2. The van der Waals surface area contributed by atoms with E-state index in [1.54, 1.807) is 32.5 Å². The van der Waals surface area contributed by atoms with Crippen LogP contribution >= 0.6 is 0 Å².